The van der Waals surface area contributed by atoms with E-state index < -0.39 is 0 Å². The Morgan fingerprint density at radius 2 is 1.77 bits per heavy atom. The average molecular weight is 292 g/mol. The predicted molar refractivity (Wildman–Crippen MR) is 87.9 cm³/mol. The monoisotopic (exact) mass is 292 g/mol. The molecule has 0 saturated heterocycles. The van der Waals surface area contributed by atoms with E-state index >= 15 is 0 Å². The van der Waals surface area contributed by atoms with Crippen LogP contribution in [0.2, 0.25) is 0 Å². The van der Waals surface area contributed by atoms with E-state index in [1.165, 1.54) is 12.2 Å². The number of carbonyl (C=O) groups is 2. The number of hydrogen-bond donors (Lipinski definition) is 0. The van der Waals surface area contributed by atoms with E-state index in [-0.39, 0.29) is 5.78 Å². The highest BCUT2D eigenvalue weighted by molar-refractivity contribution is 6.07. The van der Waals surface area contributed by atoms with Gasteiger partial charge in [-0.05, 0) is 35.4 Å². The Balaban J connectivity index is 2.28. The third-order valence-corrected chi connectivity index (χ3v) is 3.12. The highest BCUT2D eigenvalue weighted by atomic mass is 16.5. The summed E-state index contributed by atoms with van der Waals surface area (Å²) < 4.78 is 5.17. The van der Waals surface area contributed by atoms with Gasteiger partial charge in [0.1, 0.15) is 12.0 Å². The van der Waals surface area contributed by atoms with E-state index in [1.807, 2.05) is 36.4 Å². The van der Waals surface area contributed by atoms with Crippen molar-refractivity contribution >= 4 is 24.2 Å². The van der Waals surface area contributed by atoms with Crippen LogP contribution in [0.4, 0.5) is 0 Å². The van der Waals surface area contributed by atoms with Gasteiger partial charge in [0.05, 0.1) is 7.11 Å². The fraction of sp³-hybridized carbons (Fsp3) is 0.0526. The van der Waals surface area contributed by atoms with Crippen molar-refractivity contribution in [2.24, 2.45) is 0 Å². The number of methoxy groups -OCH3 is 1. The normalized spacial score (nSPS) is 11.0. The molecule has 0 aliphatic heterocycles. The van der Waals surface area contributed by atoms with Crippen LogP contribution in [0, 0.1) is 0 Å². The van der Waals surface area contributed by atoms with Crippen LogP contribution < -0.4 is 4.74 Å². The maximum Gasteiger partial charge on any atom is 0.185 e. The third kappa shape index (κ3) is 4.03. The zero-order valence-corrected chi connectivity index (χ0v) is 12.2. The third-order valence-electron chi connectivity index (χ3n) is 3.12. The van der Waals surface area contributed by atoms with Crippen LogP contribution in [0.1, 0.15) is 21.5 Å². The summed E-state index contributed by atoms with van der Waals surface area (Å²) in [6.45, 7) is 0. The lowest BCUT2D eigenvalue weighted by atomic mass is 10.0. The van der Waals surface area contributed by atoms with Crippen molar-refractivity contribution in [3.63, 3.8) is 0 Å². The summed E-state index contributed by atoms with van der Waals surface area (Å²) >= 11 is 0. The summed E-state index contributed by atoms with van der Waals surface area (Å²) in [5, 5.41) is 0. The number of ketones is 1. The minimum Gasteiger partial charge on any atom is -0.497 e. The first-order chi connectivity index (χ1) is 10.7. The Bertz CT molecular complexity index is 713. The second kappa shape index (κ2) is 7.74. The van der Waals surface area contributed by atoms with E-state index in [1.54, 1.807) is 31.4 Å². The molecule has 2 aromatic carbocycles. The van der Waals surface area contributed by atoms with Gasteiger partial charge in [-0.15, -0.1) is 0 Å². The van der Waals surface area contributed by atoms with E-state index in [4.69, 9.17) is 4.74 Å². The van der Waals surface area contributed by atoms with Crippen LogP contribution in [0.3, 0.4) is 0 Å². The van der Waals surface area contributed by atoms with Gasteiger partial charge in [0.25, 0.3) is 0 Å². The van der Waals surface area contributed by atoms with Crippen molar-refractivity contribution in [2.75, 3.05) is 7.11 Å². The molecular formula is C19H16O3. The summed E-state index contributed by atoms with van der Waals surface area (Å²) in [5.41, 5.74) is 2.28. The first-order valence-corrected chi connectivity index (χ1v) is 6.82. The zero-order chi connectivity index (χ0) is 15.8. The van der Waals surface area contributed by atoms with Gasteiger partial charge in [-0.1, -0.05) is 48.6 Å². The maximum atomic E-state index is 12.1. The smallest absolute Gasteiger partial charge is 0.185 e. The van der Waals surface area contributed by atoms with Gasteiger partial charge >= 0.3 is 0 Å². The van der Waals surface area contributed by atoms with Gasteiger partial charge in [0.15, 0.2) is 5.78 Å². The topological polar surface area (TPSA) is 43.4 Å². The largest absolute Gasteiger partial charge is 0.497 e. The lowest BCUT2D eigenvalue weighted by Gasteiger charge is -2.05. The van der Waals surface area contributed by atoms with Crippen molar-refractivity contribution in [1.29, 1.82) is 0 Å². The molecule has 3 heteroatoms. The van der Waals surface area contributed by atoms with Crippen molar-refractivity contribution in [3.05, 3.63) is 77.4 Å². The molecule has 0 radical (unpaired) electrons. The second-order valence-corrected chi connectivity index (χ2v) is 4.55. The molecular weight excluding hydrogens is 276 g/mol. The molecule has 0 bridgehead atoms. The molecule has 0 saturated carbocycles. The summed E-state index contributed by atoms with van der Waals surface area (Å²) in [5.74, 6) is 0.624. The average Bonchev–Trinajstić information content (AvgIpc) is 2.58. The zero-order valence-electron chi connectivity index (χ0n) is 12.2. The van der Waals surface area contributed by atoms with E-state index in [0.717, 1.165) is 11.1 Å². The van der Waals surface area contributed by atoms with E-state index in [2.05, 4.69) is 0 Å². The highest BCUT2D eigenvalue weighted by Gasteiger charge is 2.02. The number of carbonyl (C=O) groups excluding carboxylic acids is 2. The molecule has 2 aromatic rings. The standard InChI is InChI=1S/C19H16O3/c1-22-18-11-9-15(17(14-18)8-5-13-20)10-12-19(21)16-6-3-2-4-7-16/h2-14H,1H3/b8-5+,12-10+. The summed E-state index contributed by atoms with van der Waals surface area (Å²) in [4.78, 5) is 22.6. The molecule has 0 unspecified atom stereocenters. The number of rotatable bonds is 6. The molecule has 3 nitrogen and oxygen atoms in total. The second-order valence-electron chi connectivity index (χ2n) is 4.55. The lowest BCUT2D eigenvalue weighted by Crippen LogP contribution is -1.93. The van der Waals surface area contributed by atoms with Crippen LogP contribution in [0.15, 0.2) is 60.7 Å². The fourth-order valence-electron chi connectivity index (χ4n) is 1.98. The quantitative estimate of drug-likeness (QED) is 0.462. The van der Waals surface area contributed by atoms with Gasteiger partial charge in [-0.3, -0.25) is 9.59 Å². The van der Waals surface area contributed by atoms with Crippen LogP contribution in [-0.2, 0) is 4.79 Å². The van der Waals surface area contributed by atoms with E-state index in [9.17, 15) is 9.59 Å². The maximum absolute atomic E-state index is 12.1. The number of benzene rings is 2. The summed E-state index contributed by atoms with van der Waals surface area (Å²) in [6.07, 6.45) is 7.06. The molecule has 0 spiro atoms. The van der Waals surface area contributed by atoms with Crippen molar-refractivity contribution in [3.8, 4) is 5.75 Å². The molecule has 110 valence electrons. The Kier molecular flexibility index (Phi) is 5.44. The van der Waals surface area contributed by atoms with Crippen molar-refractivity contribution < 1.29 is 14.3 Å². The van der Waals surface area contributed by atoms with Crippen LogP contribution in [-0.4, -0.2) is 19.2 Å². The Labute approximate surface area is 129 Å². The molecule has 0 aliphatic rings. The predicted octanol–water partition coefficient (Wildman–Crippen LogP) is 3.80. The number of aldehydes is 1. The van der Waals surface area contributed by atoms with Crippen LogP contribution >= 0.6 is 0 Å². The molecule has 2 rings (SSSR count). The highest BCUT2D eigenvalue weighted by Crippen LogP contribution is 2.20. The van der Waals surface area contributed by atoms with Gasteiger partial charge in [-0.25, -0.2) is 0 Å². The molecule has 0 N–H and O–H groups in total. The Morgan fingerprint density at radius 1 is 1.00 bits per heavy atom. The van der Waals surface area contributed by atoms with Crippen molar-refractivity contribution in [2.45, 2.75) is 0 Å². The molecule has 22 heavy (non-hydrogen) atoms. The number of hydrogen-bond acceptors (Lipinski definition) is 3. The van der Waals surface area contributed by atoms with Crippen molar-refractivity contribution in [1.82, 2.24) is 0 Å². The van der Waals surface area contributed by atoms with Gasteiger partial charge in [0, 0.05) is 5.56 Å². The molecule has 0 amide bonds. The molecule has 0 aliphatic carbocycles. The number of ether oxygens (including phenoxy) is 1. The summed E-state index contributed by atoms with van der Waals surface area (Å²) in [7, 11) is 1.58. The molecule has 0 fully saturated rings. The minimum absolute atomic E-state index is 0.0678. The molecule has 0 atom stereocenters. The Morgan fingerprint density at radius 3 is 2.45 bits per heavy atom. The van der Waals surface area contributed by atoms with Gasteiger partial charge < -0.3 is 4.74 Å². The number of allylic oxidation sites excluding steroid dienone is 2. The van der Waals surface area contributed by atoms with E-state index in [0.29, 0.717) is 17.6 Å². The van der Waals surface area contributed by atoms with Gasteiger partial charge in [0.2, 0.25) is 0 Å². The minimum atomic E-state index is -0.0678. The Hall–Kier alpha value is -2.94. The molecule has 0 aromatic heterocycles. The SMILES string of the molecule is COc1ccc(/C=C/C(=O)c2ccccc2)c(/C=C/C=O)c1. The first kappa shape index (κ1) is 15.4. The summed E-state index contributed by atoms with van der Waals surface area (Å²) in [6, 6.07) is 14.5. The fourth-order valence-corrected chi connectivity index (χ4v) is 1.98. The first-order valence-electron chi connectivity index (χ1n) is 6.82. The van der Waals surface area contributed by atoms with Crippen LogP contribution in [0.25, 0.3) is 12.2 Å². The molecule has 0 heterocycles. The van der Waals surface area contributed by atoms with Crippen LogP contribution in [0.5, 0.6) is 5.75 Å². The van der Waals surface area contributed by atoms with Gasteiger partial charge in [-0.2, -0.15) is 0 Å². The lowest BCUT2D eigenvalue weighted by molar-refractivity contribution is -0.104.